The molecule has 3 heteroatoms. The molecule has 2 rings (SSSR count). The minimum absolute atomic E-state index is 0.709. The second kappa shape index (κ2) is 5.37. The lowest BCUT2D eigenvalue weighted by atomic mass is 10.1. The summed E-state index contributed by atoms with van der Waals surface area (Å²) in [6.45, 7) is 5.87. The third-order valence-corrected chi connectivity index (χ3v) is 2.39. The lowest BCUT2D eigenvalue weighted by molar-refractivity contribution is -0.0661. The quantitative estimate of drug-likeness (QED) is 0.804. The van der Waals surface area contributed by atoms with E-state index in [0.717, 1.165) is 17.8 Å². The summed E-state index contributed by atoms with van der Waals surface area (Å²) in [6.07, 6.45) is 6.51. The van der Waals surface area contributed by atoms with Crippen molar-refractivity contribution in [2.45, 2.75) is 13.3 Å². The average molecular weight is 229 g/mol. The van der Waals surface area contributed by atoms with Gasteiger partial charge in [-0.2, -0.15) is 0 Å². The molecule has 1 N–H and O–H groups in total. The van der Waals surface area contributed by atoms with Gasteiger partial charge in [-0.3, -0.25) is 0 Å². The van der Waals surface area contributed by atoms with Gasteiger partial charge in [0, 0.05) is 5.64 Å². The minimum atomic E-state index is 0.709. The monoisotopic (exact) mass is 229 g/mol. The fourth-order valence-electron chi connectivity index (χ4n) is 1.37. The van der Waals surface area contributed by atoms with Crippen molar-refractivity contribution in [2.75, 3.05) is 0 Å². The first-order valence-corrected chi connectivity index (χ1v) is 5.45. The third-order valence-electron chi connectivity index (χ3n) is 2.39. The van der Waals surface area contributed by atoms with E-state index in [1.807, 2.05) is 49.4 Å². The molecule has 0 saturated heterocycles. The van der Waals surface area contributed by atoms with Crippen molar-refractivity contribution >= 4 is 0 Å². The Hall–Kier alpha value is -2.00. The summed E-state index contributed by atoms with van der Waals surface area (Å²) < 4.78 is 0. The topological polar surface area (TPSA) is 30.5 Å². The number of aryl methyl sites for hydroxylation is 1. The molecular formula is C14H15NO2. The summed E-state index contributed by atoms with van der Waals surface area (Å²) in [4.78, 5) is 10.4. The Balaban J connectivity index is 1.78. The zero-order valence-electron chi connectivity index (χ0n) is 9.77. The van der Waals surface area contributed by atoms with Crippen LogP contribution in [0.2, 0.25) is 0 Å². The summed E-state index contributed by atoms with van der Waals surface area (Å²) in [6, 6.07) is 7.69. The van der Waals surface area contributed by atoms with Crippen molar-refractivity contribution in [3.05, 3.63) is 66.0 Å². The highest BCUT2D eigenvalue weighted by Crippen LogP contribution is 2.14. The number of benzene rings is 1. The zero-order chi connectivity index (χ0) is 12.1. The average Bonchev–Trinajstić information content (AvgIpc) is 2.34. The van der Waals surface area contributed by atoms with Crippen LogP contribution in [0.5, 0.6) is 5.75 Å². The lowest BCUT2D eigenvalue weighted by Crippen LogP contribution is -2.18. The van der Waals surface area contributed by atoms with Gasteiger partial charge >= 0.3 is 0 Å². The Labute approximate surface area is 101 Å². The van der Waals surface area contributed by atoms with Crippen LogP contribution in [0.25, 0.3) is 0 Å². The maximum absolute atomic E-state index is 5.23. The summed E-state index contributed by atoms with van der Waals surface area (Å²) in [7, 11) is 0. The molecule has 3 nitrogen and oxygen atoms in total. The normalized spacial score (nSPS) is 14.4. The van der Waals surface area contributed by atoms with E-state index >= 15 is 0 Å². The smallest absolute Gasteiger partial charge is 0.151 e. The van der Waals surface area contributed by atoms with Gasteiger partial charge in [0.2, 0.25) is 0 Å². The van der Waals surface area contributed by atoms with E-state index in [9.17, 15) is 0 Å². The van der Waals surface area contributed by atoms with Crippen molar-refractivity contribution in [2.24, 2.45) is 0 Å². The van der Waals surface area contributed by atoms with Crippen molar-refractivity contribution in [3.63, 3.8) is 0 Å². The molecule has 0 heterocycles. The Bertz CT molecular complexity index is 458. The first-order valence-electron chi connectivity index (χ1n) is 5.45. The molecule has 0 unspecified atom stereocenters. The van der Waals surface area contributed by atoms with Gasteiger partial charge < -0.3 is 9.68 Å². The standard InChI is InChI=1S/C14H15NO2/c1-11-3-7-13(8-4-11)16-15-17-14-9-5-12(2)6-10-14/h3,5-10,15H,1,4H2,2H3. The van der Waals surface area contributed by atoms with Crippen LogP contribution in [0.1, 0.15) is 12.0 Å². The largest absolute Gasteiger partial charge is 0.374 e. The van der Waals surface area contributed by atoms with Crippen LogP contribution in [0, 0.1) is 6.92 Å². The zero-order valence-corrected chi connectivity index (χ0v) is 9.77. The van der Waals surface area contributed by atoms with Gasteiger partial charge in [0.25, 0.3) is 0 Å². The second-order valence-electron chi connectivity index (χ2n) is 3.90. The van der Waals surface area contributed by atoms with E-state index < -0.39 is 0 Å². The lowest BCUT2D eigenvalue weighted by Gasteiger charge is -2.11. The van der Waals surface area contributed by atoms with Crippen LogP contribution in [-0.4, -0.2) is 0 Å². The fraction of sp³-hybridized carbons (Fsp3) is 0.143. The van der Waals surface area contributed by atoms with E-state index in [0.29, 0.717) is 5.75 Å². The maximum Gasteiger partial charge on any atom is 0.151 e. The first kappa shape index (κ1) is 11.5. The van der Waals surface area contributed by atoms with Gasteiger partial charge in [-0.15, -0.1) is 0 Å². The highest BCUT2D eigenvalue weighted by Gasteiger charge is 2.01. The van der Waals surface area contributed by atoms with Crippen molar-refractivity contribution in [1.82, 2.24) is 5.64 Å². The van der Waals surface area contributed by atoms with Crippen LogP contribution < -0.4 is 10.5 Å². The molecule has 0 amide bonds. The van der Waals surface area contributed by atoms with Gasteiger partial charge in [0.05, 0.1) is 0 Å². The molecule has 1 aromatic carbocycles. The number of hydrogen-bond donors (Lipinski definition) is 1. The van der Waals surface area contributed by atoms with Crippen molar-refractivity contribution in [1.29, 1.82) is 0 Å². The van der Waals surface area contributed by atoms with Gasteiger partial charge in [0.15, 0.2) is 5.75 Å². The number of nitrogens with one attached hydrogen (secondary N) is 1. The Morgan fingerprint density at radius 1 is 1.12 bits per heavy atom. The van der Waals surface area contributed by atoms with Gasteiger partial charge in [-0.05, 0) is 37.6 Å². The predicted molar refractivity (Wildman–Crippen MR) is 67.0 cm³/mol. The SMILES string of the molecule is C=C1C=CC(ONOc2ccc(C)cc2)=CC1. The molecular weight excluding hydrogens is 214 g/mol. The Morgan fingerprint density at radius 3 is 2.53 bits per heavy atom. The van der Waals surface area contributed by atoms with Crippen LogP contribution in [0.3, 0.4) is 0 Å². The van der Waals surface area contributed by atoms with E-state index in [-0.39, 0.29) is 0 Å². The first-order chi connectivity index (χ1) is 8.24. The van der Waals surface area contributed by atoms with Gasteiger partial charge in [0.1, 0.15) is 5.76 Å². The van der Waals surface area contributed by atoms with E-state index in [1.165, 1.54) is 5.56 Å². The molecule has 0 aliphatic heterocycles. The van der Waals surface area contributed by atoms with Crippen LogP contribution in [0.4, 0.5) is 0 Å². The molecule has 1 aromatic rings. The van der Waals surface area contributed by atoms with E-state index in [4.69, 9.17) is 9.68 Å². The van der Waals surface area contributed by atoms with Crippen molar-refractivity contribution < 1.29 is 9.68 Å². The molecule has 0 radical (unpaired) electrons. The maximum atomic E-state index is 5.23. The Morgan fingerprint density at radius 2 is 1.88 bits per heavy atom. The summed E-state index contributed by atoms with van der Waals surface area (Å²) in [5.41, 5.74) is 4.71. The Kier molecular flexibility index (Phi) is 3.62. The predicted octanol–water partition coefficient (Wildman–Crippen LogP) is 3.21. The summed E-state index contributed by atoms with van der Waals surface area (Å²) in [5.74, 6) is 1.44. The minimum Gasteiger partial charge on any atom is -0.374 e. The highest BCUT2D eigenvalue weighted by atomic mass is 16.9. The van der Waals surface area contributed by atoms with E-state index in [1.54, 1.807) is 0 Å². The van der Waals surface area contributed by atoms with Gasteiger partial charge in [-0.25, -0.2) is 0 Å². The molecule has 1 aliphatic rings. The molecule has 17 heavy (non-hydrogen) atoms. The summed E-state index contributed by atoms with van der Waals surface area (Å²) >= 11 is 0. The second-order valence-corrected chi connectivity index (χ2v) is 3.90. The number of hydrogen-bond acceptors (Lipinski definition) is 3. The van der Waals surface area contributed by atoms with Gasteiger partial charge in [-0.1, -0.05) is 35.9 Å². The van der Waals surface area contributed by atoms with Crippen LogP contribution in [0.15, 0.2) is 60.4 Å². The third kappa shape index (κ3) is 3.50. The molecule has 0 atom stereocenters. The van der Waals surface area contributed by atoms with Crippen molar-refractivity contribution in [3.8, 4) is 5.75 Å². The van der Waals surface area contributed by atoms with Crippen LogP contribution >= 0.6 is 0 Å². The molecule has 1 aliphatic carbocycles. The molecule has 0 bridgehead atoms. The number of allylic oxidation sites excluding steroid dienone is 4. The molecule has 0 aromatic heterocycles. The molecule has 88 valence electrons. The van der Waals surface area contributed by atoms with Crippen LogP contribution in [-0.2, 0) is 4.84 Å². The molecule has 0 spiro atoms. The fourth-order valence-corrected chi connectivity index (χ4v) is 1.37. The van der Waals surface area contributed by atoms with E-state index in [2.05, 4.69) is 12.2 Å². The summed E-state index contributed by atoms with van der Waals surface area (Å²) in [5, 5.41) is 0. The highest BCUT2D eigenvalue weighted by molar-refractivity contribution is 5.30. The molecule has 0 fully saturated rings. The molecule has 0 saturated carbocycles. The number of rotatable bonds is 4.